The van der Waals surface area contributed by atoms with Crippen molar-refractivity contribution in [3.63, 3.8) is 0 Å². The summed E-state index contributed by atoms with van der Waals surface area (Å²) in [6, 6.07) is 9.59. The minimum absolute atomic E-state index is 0.247. The molecule has 0 atom stereocenters. The van der Waals surface area contributed by atoms with E-state index in [4.69, 9.17) is 11.6 Å². The second-order valence-electron chi connectivity index (χ2n) is 4.69. The minimum Gasteiger partial charge on any atom is -0.322 e. The molecule has 120 valence electrons. The number of carbonyl (C=O) groups is 2. The predicted octanol–water partition coefficient (Wildman–Crippen LogP) is 3.70. The number of thiazole rings is 1. The Morgan fingerprint density at radius 2 is 1.67 bits per heavy atom. The van der Waals surface area contributed by atoms with E-state index in [0.717, 1.165) is 0 Å². The molecule has 24 heavy (non-hydrogen) atoms. The maximum atomic E-state index is 12.1. The Morgan fingerprint density at radius 1 is 0.917 bits per heavy atom. The Hall–Kier alpha value is -2.77. The van der Waals surface area contributed by atoms with Gasteiger partial charge in [0.05, 0.1) is 0 Å². The zero-order valence-corrected chi connectivity index (χ0v) is 13.8. The molecule has 0 unspecified atom stereocenters. The topological polar surface area (TPSA) is 84.0 Å². The molecule has 6 nitrogen and oxygen atoms in total. The van der Waals surface area contributed by atoms with Crippen LogP contribution in [0.3, 0.4) is 0 Å². The lowest BCUT2D eigenvalue weighted by Crippen LogP contribution is -2.13. The normalized spacial score (nSPS) is 10.2. The average Bonchev–Trinajstić information content (AvgIpc) is 3.08. The van der Waals surface area contributed by atoms with Gasteiger partial charge in [0.25, 0.3) is 11.8 Å². The number of benzene rings is 1. The summed E-state index contributed by atoms with van der Waals surface area (Å²) in [5, 5.41) is 7.98. The van der Waals surface area contributed by atoms with E-state index in [1.54, 1.807) is 41.9 Å². The van der Waals surface area contributed by atoms with E-state index in [9.17, 15) is 9.59 Å². The second kappa shape index (κ2) is 7.20. The summed E-state index contributed by atoms with van der Waals surface area (Å²) in [7, 11) is 0. The zero-order valence-electron chi connectivity index (χ0n) is 12.2. The molecule has 2 N–H and O–H groups in total. The van der Waals surface area contributed by atoms with Gasteiger partial charge in [-0.1, -0.05) is 11.6 Å². The molecule has 0 fully saturated rings. The van der Waals surface area contributed by atoms with Crippen molar-refractivity contribution in [1.82, 2.24) is 9.97 Å². The molecule has 0 aliphatic rings. The maximum Gasteiger partial charge on any atom is 0.257 e. The van der Waals surface area contributed by atoms with Gasteiger partial charge in [-0.25, -0.2) is 9.97 Å². The SMILES string of the molecule is O=C(Nc1ccc(C(=O)Nc2nccs2)cc1)c1ccnc(Cl)c1. The molecule has 0 saturated heterocycles. The molecule has 2 heterocycles. The molecule has 3 aromatic rings. The van der Waals surface area contributed by atoms with Crippen LogP contribution in [0.2, 0.25) is 5.15 Å². The molecule has 0 spiro atoms. The number of nitrogens with one attached hydrogen (secondary N) is 2. The van der Waals surface area contributed by atoms with Crippen LogP contribution in [-0.4, -0.2) is 21.8 Å². The third-order valence-corrected chi connectivity index (χ3v) is 3.94. The molecule has 0 bridgehead atoms. The summed E-state index contributed by atoms with van der Waals surface area (Å²) in [6.07, 6.45) is 3.08. The van der Waals surface area contributed by atoms with E-state index < -0.39 is 0 Å². The molecule has 2 amide bonds. The van der Waals surface area contributed by atoms with Crippen molar-refractivity contribution in [1.29, 1.82) is 0 Å². The highest BCUT2D eigenvalue weighted by Gasteiger charge is 2.10. The lowest BCUT2D eigenvalue weighted by molar-refractivity contribution is 0.102. The average molecular weight is 359 g/mol. The highest BCUT2D eigenvalue weighted by atomic mass is 35.5. The molecule has 8 heteroatoms. The summed E-state index contributed by atoms with van der Waals surface area (Å²) in [4.78, 5) is 32.0. The van der Waals surface area contributed by atoms with E-state index in [1.807, 2.05) is 0 Å². The van der Waals surface area contributed by atoms with Crippen LogP contribution in [0.4, 0.5) is 10.8 Å². The van der Waals surface area contributed by atoms with Gasteiger partial charge in [-0.3, -0.25) is 14.9 Å². The molecular weight excluding hydrogens is 348 g/mol. The lowest BCUT2D eigenvalue weighted by atomic mass is 10.2. The van der Waals surface area contributed by atoms with E-state index in [0.29, 0.717) is 21.9 Å². The van der Waals surface area contributed by atoms with Crippen LogP contribution in [0, 0.1) is 0 Å². The van der Waals surface area contributed by atoms with Crippen molar-refractivity contribution >= 4 is 45.6 Å². The molecule has 2 aromatic heterocycles. The van der Waals surface area contributed by atoms with Gasteiger partial charge >= 0.3 is 0 Å². The molecule has 0 aliphatic carbocycles. The van der Waals surface area contributed by atoms with E-state index in [-0.39, 0.29) is 17.0 Å². The summed E-state index contributed by atoms with van der Waals surface area (Å²) in [5.74, 6) is -0.567. The monoisotopic (exact) mass is 358 g/mol. The standard InChI is InChI=1S/C16H11ClN4O2S/c17-13-9-11(5-6-18-13)15(23)20-12-3-1-10(2-4-12)14(22)21-16-19-7-8-24-16/h1-9H,(H,20,23)(H,19,21,22). The number of hydrogen-bond donors (Lipinski definition) is 2. The number of rotatable bonds is 4. The predicted molar refractivity (Wildman–Crippen MR) is 93.7 cm³/mol. The zero-order chi connectivity index (χ0) is 16.9. The molecule has 0 radical (unpaired) electrons. The largest absolute Gasteiger partial charge is 0.322 e. The number of pyridine rings is 1. The van der Waals surface area contributed by atoms with Crippen LogP contribution in [-0.2, 0) is 0 Å². The number of nitrogens with zero attached hydrogens (tertiary/aromatic N) is 2. The van der Waals surface area contributed by atoms with Gasteiger partial charge in [-0.2, -0.15) is 0 Å². The van der Waals surface area contributed by atoms with Crippen molar-refractivity contribution < 1.29 is 9.59 Å². The summed E-state index contributed by atoms with van der Waals surface area (Å²) in [5.41, 5.74) is 1.44. The quantitative estimate of drug-likeness (QED) is 0.696. The van der Waals surface area contributed by atoms with E-state index >= 15 is 0 Å². The molecule has 1 aromatic carbocycles. The Balaban J connectivity index is 1.66. The van der Waals surface area contributed by atoms with Crippen molar-refractivity contribution in [2.75, 3.05) is 10.6 Å². The van der Waals surface area contributed by atoms with Gasteiger partial charge in [-0.05, 0) is 36.4 Å². The highest BCUT2D eigenvalue weighted by Crippen LogP contribution is 2.15. The molecule has 0 aliphatic heterocycles. The fraction of sp³-hybridized carbons (Fsp3) is 0. The van der Waals surface area contributed by atoms with Gasteiger partial charge in [0, 0.05) is 34.6 Å². The van der Waals surface area contributed by atoms with Crippen LogP contribution < -0.4 is 10.6 Å². The van der Waals surface area contributed by atoms with Crippen LogP contribution in [0.25, 0.3) is 0 Å². The number of halogens is 1. The van der Waals surface area contributed by atoms with E-state index in [1.165, 1.54) is 23.6 Å². The number of amides is 2. The lowest BCUT2D eigenvalue weighted by Gasteiger charge is -2.07. The Kier molecular flexibility index (Phi) is 4.83. The Bertz CT molecular complexity index is 866. The third kappa shape index (κ3) is 3.95. The fourth-order valence-electron chi connectivity index (χ4n) is 1.91. The van der Waals surface area contributed by atoms with Gasteiger partial charge in [-0.15, -0.1) is 11.3 Å². The third-order valence-electron chi connectivity index (χ3n) is 3.05. The van der Waals surface area contributed by atoms with Gasteiger partial charge in [0.1, 0.15) is 5.15 Å². The number of hydrogen-bond acceptors (Lipinski definition) is 5. The Labute approximate surface area is 146 Å². The van der Waals surface area contributed by atoms with Gasteiger partial charge in [0.15, 0.2) is 5.13 Å². The first kappa shape index (κ1) is 16.1. The maximum absolute atomic E-state index is 12.1. The van der Waals surface area contributed by atoms with Gasteiger partial charge < -0.3 is 5.32 Å². The number of anilines is 2. The van der Waals surface area contributed by atoms with E-state index in [2.05, 4.69) is 20.6 Å². The summed E-state index contributed by atoms with van der Waals surface area (Å²) in [6.45, 7) is 0. The smallest absolute Gasteiger partial charge is 0.257 e. The number of carbonyl (C=O) groups excluding carboxylic acids is 2. The first-order chi connectivity index (χ1) is 11.6. The van der Waals surface area contributed by atoms with Gasteiger partial charge in [0.2, 0.25) is 0 Å². The fourth-order valence-corrected chi connectivity index (χ4v) is 2.60. The van der Waals surface area contributed by atoms with Crippen LogP contribution in [0.5, 0.6) is 0 Å². The Morgan fingerprint density at radius 3 is 2.33 bits per heavy atom. The molecule has 3 rings (SSSR count). The van der Waals surface area contributed by atoms with Crippen LogP contribution in [0.1, 0.15) is 20.7 Å². The van der Waals surface area contributed by atoms with Crippen molar-refractivity contribution in [2.45, 2.75) is 0 Å². The first-order valence-electron chi connectivity index (χ1n) is 6.85. The molecule has 0 saturated carbocycles. The van der Waals surface area contributed by atoms with Crippen LogP contribution >= 0.6 is 22.9 Å². The van der Waals surface area contributed by atoms with Crippen molar-refractivity contribution in [2.24, 2.45) is 0 Å². The second-order valence-corrected chi connectivity index (χ2v) is 5.97. The summed E-state index contributed by atoms with van der Waals surface area (Å²) >= 11 is 7.11. The minimum atomic E-state index is -0.306. The molecular formula is C16H11ClN4O2S. The first-order valence-corrected chi connectivity index (χ1v) is 8.11. The van der Waals surface area contributed by atoms with Crippen LogP contribution in [0.15, 0.2) is 54.2 Å². The summed E-state index contributed by atoms with van der Waals surface area (Å²) < 4.78 is 0. The number of aromatic nitrogens is 2. The highest BCUT2D eigenvalue weighted by molar-refractivity contribution is 7.13. The van der Waals surface area contributed by atoms with Crippen molar-refractivity contribution in [3.8, 4) is 0 Å². The van der Waals surface area contributed by atoms with Crippen molar-refractivity contribution in [3.05, 3.63) is 70.5 Å².